The van der Waals surface area contributed by atoms with Crippen LogP contribution in [-0.4, -0.2) is 31.1 Å². The molecule has 0 radical (unpaired) electrons. The number of thiol groups is 1. The monoisotopic (exact) mass is 512 g/mol. The van der Waals surface area contributed by atoms with Gasteiger partial charge in [-0.1, -0.05) is 72.1 Å². The summed E-state index contributed by atoms with van der Waals surface area (Å²) in [5.74, 6) is -0.521. The number of hydrogen-bond donors (Lipinski definition) is 2. The summed E-state index contributed by atoms with van der Waals surface area (Å²) in [6.07, 6.45) is 3.26. The van der Waals surface area contributed by atoms with Crippen LogP contribution < -0.4 is 0 Å². The lowest BCUT2D eigenvalue weighted by atomic mass is 9.83. The number of nitrogens with zero attached hydrogens (tertiary/aromatic N) is 2. The van der Waals surface area contributed by atoms with Crippen molar-refractivity contribution in [2.24, 2.45) is 0 Å². The smallest absolute Gasteiger partial charge is 0.356 e. The van der Waals surface area contributed by atoms with Gasteiger partial charge in [-0.05, 0) is 67.1 Å². The third-order valence-corrected chi connectivity index (χ3v) is 8.40. The summed E-state index contributed by atoms with van der Waals surface area (Å²) in [7, 11) is -0.0108. The van der Waals surface area contributed by atoms with Gasteiger partial charge in [-0.25, -0.2) is 9.78 Å². The lowest BCUT2D eigenvalue weighted by molar-refractivity contribution is 0.0691. The van der Waals surface area contributed by atoms with Gasteiger partial charge in [0.1, 0.15) is 5.82 Å². The number of rotatable bonds is 6. The number of halogens is 1. The summed E-state index contributed by atoms with van der Waals surface area (Å²) in [6.45, 7) is 3.95. The van der Waals surface area contributed by atoms with Crippen molar-refractivity contribution in [2.45, 2.75) is 24.2 Å². The zero-order valence-corrected chi connectivity index (χ0v) is 21.9. The van der Waals surface area contributed by atoms with E-state index in [1.165, 1.54) is 6.20 Å². The van der Waals surface area contributed by atoms with Crippen LogP contribution in [0.25, 0.3) is 16.8 Å². The van der Waals surface area contributed by atoms with Gasteiger partial charge in [-0.3, -0.25) is 4.21 Å². The Morgan fingerprint density at radius 2 is 1.71 bits per heavy atom. The topological polar surface area (TPSA) is 72.2 Å². The SMILES string of the molecule is CC(C)(c1ccccc1Cl)c1nc(C(=O)O)cn1-c1ccc(-c2cccc([SH](C)(=O)P)c2)cc1. The summed E-state index contributed by atoms with van der Waals surface area (Å²) in [6, 6.07) is 23.0. The van der Waals surface area contributed by atoms with Gasteiger partial charge >= 0.3 is 5.97 Å². The molecule has 5 nitrogen and oxygen atoms in total. The van der Waals surface area contributed by atoms with Crippen LogP contribution in [0.4, 0.5) is 0 Å². The molecule has 1 atom stereocenters. The molecule has 3 aromatic carbocycles. The molecular formula is C26H26ClN2O3PS. The largest absolute Gasteiger partial charge is 0.476 e. The molecule has 0 saturated heterocycles. The summed E-state index contributed by atoms with van der Waals surface area (Å²) in [5.41, 5.74) is 2.88. The number of aromatic carboxylic acids is 1. The van der Waals surface area contributed by atoms with E-state index in [1.807, 2.05) is 86.6 Å². The Balaban J connectivity index is 1.79. The van der Waals surface area contributed by atoms with E-state index in [2.05, 4.69) is 13.4 Å². The predicted molar refractivity (Wildman–Crippen MR) is 143 cm³/mol. The normalized spacial score (nSPS) is 12.5. The maximum atomic E-state index is 12.5. The molecule has 0 spiro atoms. The summed E-state index contributed by atoms with van der Waals surface area (Å²) < 4.78 is 14.3. The zero-order chi connectivity index (χ0) is 24.7. The van der Waals surface area contributed by atoms with Crippen molar-refractivity contribution in [3.8, 4) is 16.8 Å². The third kappa shape index (κ3) is 4.72. The molecule has 4 aromatic rings. The molecule has 1 N–H and O–H groups in total. The van der Waals surface area contributed by atoms with Crippen molar-refractivity contribution in [1.82, 2.24) is 9.55 Å². The van der Waals surface area contributed by atoms with Crippen molar-refractivity contribution in [3.63, 3.8) is 0 Å². The first-order valence-corrected chi connectivity index (χ1v) is 14.8. The summed E-state index contributed by atoms with van der Waals surface area (Å²) in [5, 5.41) is 10.2. The highest BCUT2D eigenvalue weighted by atomic mass is 35.5. The number of imidazole rings is 1. The van der Waals surface area contributed by atoms with Gasteiger partial charge in [0.15, 0.2) is 5.69 Å². The Morgan fingerprint density at radius 1 is 1.03 bits per heavy atom. The molecule has 1 aromatic heterocycles. The average Bonchev–Trinajstić information content (AvgIpc) is 3.26. The fourth-order valence-corrected chi connectivity index (χ4v) is 5.62. The molecular weight excluding hydrogens is 487 g/mol. The molecule has 8 heteroatoms. The van der Waals surface area contributed by atoms with Gasteiger partial charge in [0.2, 0.25) is 0 Å². The Kier molecular flexibility index (Phi) is 6.52. The van der Waals surface area contributed by atoms with Crippen LogP contribution in [0.2, 0.25) is 5.02 Å². The third-order valence-electron chi connectivity index (χ3n) is 5.87. The zero-order valence-electron chi connectivity index (χ0n) is 19.1. The van der Waals surface area contributed by atoms with Crippen LogP contribution in [0, 0.1) is 0 Å². The molecule has 1 heterocycles. The first-order chi connectivity index (χ1) is 16.0. The molecule has 34 heavy (non-hydrogen) atoms. The Hall–Kier alpha value is -2.79. The van der Waals surface area contributed by atoms with E-state index >= 15 is 0 Å². The number of carboxylic acid groups (broad SMARTS) is 1. The number of aromatic nitrogens is 2. The van der Waals surface area contributed by atoms with E-state index in [0.717, 1.165) is 27.3 Å². The minimum Gasteiger partial charge on any atom is -0.476 e. The number of carbonyl (C=O) groups is 1. The maximum Gasteiger partial charge on any atom is 0.356 e. The minimum atomic E-state index is -2.45. The Morgan fingerprint density at radius 3 is 2.32 bits per heavy atom. The fraction of sp³-hybridized carbons (Fsp3) is 0.154. The van der Waals surface area contributed by atoms with E-state index in [0.29, 0.717) is 10.8 Å². The lowest BCUT2D eigenvalue weighted by Crippen LogP contribution is -2.24. The standard InChI is InChI=1S/C26H26ClN2O3PS/c1-26(2,21-9-4-5-10-22(21)27)25-28-23(24(30)31)16-29(25)19-13-11-17(12-14-19)18-7-6-8-20(15-18)34(3,32)33/h4-16,34H,33H2,1-3H3,(H,30,31). The second-order valence-electron chi connectivity index (χ2n) is 8.82. The molecule has 0 aliphatic carbocycles. The van der Waals surface area contributed by atoms with Crippen LogP contribution >= 0.6 is 20.0 Å². The Bertz CT molecular complexity index is 1420. The van der Waals surface area contributed by atoms with Crippen LogP contribution in [0.5, 0.6) is 0 Å². The average molecular weight is 513 g/mol. The quantitative estimate of drug-likeness (QED) is 0.245. The van der Waals surface area contributed by atoms with E-state index in [-0.39, 0.29) is 5.69 Å². The van der Waals surface area contributed by atoms with Crippen molar-refractivity contribution in [2.75, 3.05) is 6.26 Å². The van der Waals surface area contributed by atoms with Crippen LogP contribution in [0.15, 0.2) is 83.9 Å². The fourth-order valence-electron chi connectivity index (χ4n) is 3.99. The van der Waals surface area contributed by atoms with E-state index in [4.69, 9.17) is 11.6 Å². The highest BCUT2D eigenvalue weighted by Crippen LogP contribution is 2.37. The first kappa shape index (κ1) is 24.3. The Labute approximate surface area is 207 Å². The number of benzene rings is 3. The summed E-state index contributed by atoms with van der Waals surface area (Å²) >= 11 is 6.48. The molecule has 0 aliphatic rings. The van der Waals surface area contributed by atoms with Crippen molar-refractivity contribution < 1.29 is 14.1 Å². The molecule has 176 valence electrons. The van der Waals surface area contributed by atoms with Crippen LogP contribution in [-0.2, 0) is 15.0 Å². The second-order valence-corrected chi connectivity index (χ2v) is 14.7. The van der Waals surface area contributed by atoms with Gasteiger partial charge in [-0.15, -0.1) is 0 Å². The van der Waals surface area contributed by atoms with Crippen molar-refractivity contribution in [3.05, 3.63) is 101 Å². The van der Waals surface area contributed by atoms with Gasteiger partial charge in [0.25, 0.3) is 0 Å². The molecule has 0 aliphatic heterocycles. The lowest BCUT2D eigenvalue weighted by Gasteiger charge is -2.27. The highest BCUT2D eigenvalue weighted by molar-refractivity contribution is 8.44. The number of carboxylic acids is 1. The molecule has 0 amide bonds. The molecule has 0 saturated carbocycles. The summed E-state index contributed by atoms with van der Waals surface area (Å²) in [4.78, 5) is 17.0. The minimum absolute atomic E-state index is 0.0361. The maximum absolute atomic E-state index is 12.5. The van der Waals surface area contributed by atoms with Gasteiger partial charge in [-0.2, -0.15) is 0 Å². The molecule has 0 fully saturated rings. The van der Waals surface area contributed by atoms with E-state index in [9.17, 15) is 14.1 Å². The molecule has 1 unspecified atom stereocenters. The van der Waals surface area contributed by atoms with Crippen molar-refractivity contribution >= 4 is 35.6 Å². The van der Waals surface area contributed by atoms with Gasteiger partial charge in [0.05, 0.1) is 0 Å². The van der Waals surface area contributed by atoms with Crippen LogP contribution in [0.3, 0.4) is 0 Å². The molecule has 0 bridgehead atoms. The van der Waals surface area contributed by atoms with E-state index in [1.54, 1.807) is 10.8 Å². The molecule has 4 rings (SSSR count). The second kappa shape index (κ2) is 9.10. The highest BCUT2D eigenvalue weighted by Gasteiger charge is 2.32. The van der Waals surface area contributed by atoms with Crippen molar-refractivity contribution in [1.29, 1.82) is 0 Å². The van der Waals surface area contributed by atoms with Gasteiger partial charge < -0.3 is 9.67 Å². The first-order valence-electron chi connectivity index (χ1n) is 10.6. The predicted octanol–water partition coefficient (Wildman–Crippen LogP) is 6.01. The number of hydrogen-bond acceptors (Lipinski definition) is 3. The van der Waals surface area contributed by atoms with E-state index < -0.39 is 20.9 Å². The van der Waals surface area contributed by atoms with Gasteiger partial charge in [0, 0.05) is 27.2 Å². The van der Waals surface area contributed by atoms with Crippen LogP contribution in [0.1, 0.15) is 35.7 Å².